The lowest BCUT2D eigenvalue weighted by molar-refractivity contribution is 0.262. The Kier molecular flexibility index (Phi) is 8.00. The van der Waals surface area contributed by atoms with E-state index in [0.717, 1.165) is 37.5 Å². The second kappa shape index (κ2) is 10.5. The van der Waals surface area contributed by atoms with Crippen LogP contribution >= 0.6 is 12.4 Å². The SMILES string of the molecule is COc1ccc2cccc(N3CCN(CCNS(=O)(=O)c4ccccc4C)CC3)c2c1.Cl. The lowest BCUT2D eigenvalue weighted by atomic mass is 10.1. The fourth-order valence-electron chi connectivity index (χ4n) is 4.12. The number of methoxy groups -OCH3 is 1. The Bertz CT molecular complexity index is 1160. The van der Waals surface area contributed by atoms with Gasteiger partial charge in [-0.2, -0.15) is 0 Å². The fourth-order valence-corrected chi connectivity index (χ4v) is 5.39. The van der Waals surface area contributed by atoms with Crippen LogP contribution in [0.1, 0.15) is 5.56 Å². The van der Waals surface area contributed by atoms with Crippen LogP contribution in [0.2, 0.25) is 0 Å². The van der Waals surface area contributed by atoms with Gasteiger partial charge in [-0.3, -0.25) is 4.90 Å². The quantitative estimate of drug-likeness (QED) is 0.564. The highest BCUT2D eigenvalue weighted by Crippen LogP contribution is 2.30. The summed E-state index contributed by atoms with van der Waals surface area (Å²) < 4.78 is 33.3. The van der Waals surface area contributed by atoms with Crippen molar-refractivity contribution < 1.29 is 13.2 Å². The Balaban J connectivity index is 0.00000289. The van der Waals surface area contributed by atoms with Gasteiger partial charge in [0.1, 0.15) is 5.75 Å². The average Bonchev–Trinajstić information content (AvgIpc) is 2.79. The number of nitrogens with zero attached hydrogens (tertiary/aromatic N) is 2. The molecule has 1 aliphatic heterocycles. The van der Waals surface area contributed by atoms with E-state index < -0.39 is 10.0 Å². The standard InChI is InChI=1S/C24H29N3O3S.ClH/c1-19-6-3-4-9-24(19)31(28,29)25-12-13-26-14-16-27(17-15-26)23-8-5-7-20-10-11-21(30-2)18-22(20)23;/h3-11,18,25H,12-17H2,1-2H3;1H. The van der Waals surface area contributed by atoms with Gasteiger partial charge in [0.15, 0.2) is 0 Å². The van der Waals surface area contributed by atoms with Gasteiger partial charge in [0, 0.05) is 50.3 Å². The number of ether oxygens (including phenoxy) is 1. The monoisotopic (exact) mass is 475 g/mol. The van der Waals surface area contributed by atoms with Crippen molar-refractivity contribution in [3.8, 4) is 5.75 Å². The number of halogens is 1. The summed E-state index contributed by atoms with van der Waals surface area (Å²) in [6.45, 7) is 6.52. The van der Waals surface area contributed by atoms with Crippen LogP contribution in [0.15, 0.2) is 65.6 Å². The number of hydrogen-bond donors (Lipinski definition) is 1. The molecule has 0 spiro atoms. The number of sulfonamides is 1. The van der Waals surface area contributed by atoms with Gasteiger partial charge in [0.05, 0.1) is 12.0 Å². The van der Waals surface area contributed by atoms with Crippen molar-refractivity contribution in [3.05, 3.63) is 66.2 Å². The van der Waals surface area contributed by atoms with E-state index in [4.69, 9.17) is 4.74 Å². The van der Waals surface area contributed by atoms with E-state index in [1.807, 2.05) is 25.1 Å². The largest absolute Gasteiger partial charge is 0.497 e. The van der Waals surface area contributed by atoms with E-state index in [0.29, 0.717) is 18.0 Å². The maximum atomic E-state index is 12.6. The van der Waals surface area contributed by atoms with Crippen molar-refractivity contribution in [2.75, 3.05) is 51.3 Å². The first-order valence-corrected chi connectivity index (χ1v) is 12.1. The molecule has 1 fully saturated rings. The molecule has 0 radical (unpaired) electrons. The first-order chi connectivity index (χ1) is 15.0. The highest BCUT2D eigenvalue weighted by atomic mass is 35.5. The molecule has 6 nitrogen and oxygen atoms in total. The van der Waals surface area contributed by atoms with Gasteiger partial charge >= 0.3 is 0 Å². The number of aryl methyl sites for hydroxylation is 1. The van der Waals surface area contributed by atoms with Gasteiger partial charge in [-0.15, -0.1) is 12.4 Å². The van der Waals surface area contributed by atoms with Crippen LogP contribution in [-0.4, -0.2) is 59.7 Å². The predicted octanol–water partition coefficient (Wildman–Crippen LogP) is 3.68. The van der Waals surface area contributed by atoms with Crippen molar-refractivity contribution in [1.82, 2.24) is 9.62 Å². The molecule has 0 unspecified atom stereocenters. The Hall–Kier alpha value is -2.32. The highest BCUT2D eigenvalue weighted by molar-refractivity contribution is 7.89. The van der Waals surface area contributed by atoms with Gasteiger partial charge in [-0.05, 0) is 42.1 Å². The summed E-state index contributed by atoms with van der Waals surface area (Å²) in [6, 6.07) is 19.6. The molecule has 0 aliphatic carbocycles. The molecule has 0 saturated carbocycles. The Morgan fingerprint density at radius 1 is 0.969 bits per heavy atom. The first kappa shape index (κ1) is 24.3. The minimum Gasteiger partial charge on any atom is -0.497 e. The Labute approximate surface area is 196 Å². The summed E-state index contributed by atoms with van der Waals surface area (Å²) in [4.78, 5) is 5.06. The summed E-state index contributed by atoms with van der Waals surface area (Å²) in [5.74, 6) is 0.861. The van der Waals surface area contributed by atoms with Crippen LogP contribution in [-0.2, 0) is 10.0 Å². The zero-order chi connectivity index (χ0) is 21.8. The molecule has 1 saturated heterocycles. The van der Waals surface area contributed by atoms with Crippen molar-refractivity contribution in [2.45, 2.75) is 11.8 Å². The van der Waals surface area contributed by atoms with Crippen LogP contribution in [0.3, 0.4) is 0 Å². The van der Waals surface area contributed by atoms with E-state index in [2.05, 4.69) is 44.9 Å². The average molecular weight is 476 g/mol. The zero-order valence-corrected chi connectivity index (χ0v) is 20.1. The molecular formula is C24H30ClN3O3S. The number of anilines is 1. The van der Waals surface area contributed by atoms with Crippen molar-refractivity contribution >= 4 is 38.9 Å². The van der Waals surface area contributed by atoms with Gasteiger partial charge < -0.3 is 9.64 Å². The van der Waals surface area contributed by atoms with E-state index in [1.54, 1.807) is 19.2 Å². The van der Waals surface area contributed by atoms with Crippen LogP contribution in [0.4, 0.5) is 5.69 Å². The van der Waals surface area contributed by atoms with Crippen LogP contribution < -0.4 is 14.4 Å². The second-order valence-corrected chi connectivity index (χ2v) is 9.59. The maximum Gasteiger partial charge on any atom is 0.240 e. The van der Waals surface area contributed by atoms with E-state index in [1.165, 1.54) is 16.5 Å². The van der Waals surface area contributed by atoms with Crippen LogP contribution in [0, 0.1) is 6.92 Å². The van der Waals surface area contributed by atoms with Gasteiger partial charge in [0.25, 0.3) is 0 Å². The molecule has 0 aromatic heterocycles. The Morgan fingerprint density at radius 3 is 2.44 bits per heavy atom. The number of benzene rings is 3. The topological polar surface area (TPSA) is 61.9 Å². The van der Waals surface area contributed by atoms with Crippen molar-refractivity contribution in [2.24, 2.45) is 0 Å². The predicted molar refractivity (Wildman–Crippen MR) is 133 cm³/mol. The zero-order valence-electron chi connectivity index (χ0n) is 18.5. The normalized spacial score (nSPS) is 14.9. The van der Waals surface area contributed by atoms with E-state index >= 15 is 0 Å². The van der Waals surface area contributed by atoms with Crippen molar-refractivity contribution in [1.29, 1.82) is 0 Å². The fraction of sp³-hybridized carbons (Fsp3) is 0.333. The summed E-state index contributed by atoms with van der Waals surface area (Å²) >= 11 is 0. The lowest BCUT2D eigenvalue weighted by Gasteiger charge is -2.36. The molecule has 3 aromatic rings. The molecule has 0 atom stereocenters. The maximum absolute atomic E-state index is 12.6. The van der Waals surface area contributed by atoms with Crippen molar-refractivity contribution in [3.63, 3.8) is 0 Å². The Morgan fingerprint density at radius 2 is 1.72 bits per heavy atom. The molecule has 8 heteroatoms. The number of piperazine rings is 1. The van der Waals surface area contributed by atoms with Crippen LogP contribution in [0.25, 0.3) is 10.8 Å². The second-order valence-electron chi connectivity index (χ2n) is 7.86. The molecule has 1 heterocycles. The number of fused-ring (bicyclic) bond motifs is 1. The molecule has 1 N–H and O–H groups in total. The summed E-state index contributed by atoms with van der Waals surface area (Å²) in [7, 11) is -1.79. The van der Waals surface area contributed by atoms with Gasteiger partial charge in [-0.25, -0.2) is 13.1 Å². The molecule has 3 aromatic carbocycles. The minimum atomic E-state index is -3.48. The molecule has 172 valence electrons. The first-order valence-electron chi connectivity index (χ1n) is 10.6. The summed E-state index contributed by atoms with van der Waals surface area (Å²) in [6.07, 6.45) is 0. The van der Waals surface area contributed by atoms with Gasteiger partial charge in [-0.1, -0.05) is 36.4 Å². The number of rotatable bonds is 7. The van der Waals surface area contributed by atoms with Crippen LogP contribution in [0.5, 0.6) is 5.75 Å². The minimum absolute atomic E-state index is 0. The molecule has 0 amide bonds. The number of nitrogens with one attached hydrogen (secondary N) is 1. The van der Waals surface area contributed by atoms with E-state index in [9.17, 15) is 8.42 Å². The molecular weight excluding hydrogens is 446 g/mol. The lowest BCUT2D eigenvalue weighted by Crippen LogP contribution is -2.48. The third-order valence-electron chi connectivity index (χ3n) is 5.88. The molecule has 1 aliphatic rings. The highest BCUT2D eigenvalue weighted by Gasteiger charge is 2.20. The number of hydrogen-bond acceptors (Lipinski definition) is 5. The molecule has 0 bridgehead atoms. The molecule has 32 heavy (non-hydrogen) atoms. The third-order valence-corrected chi connectivity index (χ3v) is 7.50. The third kappa shape index (κ3) is 5.35. The summed E-state index contributed by atoms with van der Waals surface area (Å²) in [5.41, 5.74) is 1.98. The van der Waals surface area contributed by atoms with E-state index in [-0.39, 0.29) is 12.4 Å². The smallest absolute Gasteiger partial charge is 0.240 e. The summed E-state index contributed by atoms with van der Waals surface area (Å²) in [5, 5.41) is 2.40. The molecule has 4 rings (SSSR count). The van der Waals surface area contributed by atoms with Gasteiger partial charge in [0.2, 0.25) is 10.0 Å².